The molecule has 1 saturated carbocycles. The van der Waals surface area contributed by atoms with Gasteiger partial charge in [0.2, 0.25) is 5.91 Å². The number of thiazole rings is 1. The molecule has 0 spiro atoms. The summed E-state index contributed by atoms with van der Waals surface area (Å²) in [6.45, 7) is 2.43. The second-order valence-corrected chi connectivity index (χ2v) is 8.10. The van der Waals surface area contributed by atoms with Crippen LogP contribution in [-0.4, -0.2) is 35.3 Å². The van der Waals surface area contributed by atoms with Gasteiger partial charge in [0.1, 0.15) is 11.5 Å². The van der Waals surface area contributed by atoms with E-state index < -0.39 is 0 Å². The number of ether oxygens (including phenoxy) is 2. The number of nitrogens with one attached hydrogen (secondary N) is 1. The summed E-state index contributed by atoms with van der Waals surface area (Å²) in [5.41, 5.74) is 0. The van der Waals surface area contributed by atoms with Crippen molar-refractivity contribution in [1.82, 2.24) is 10.3 Å². The highest BCUT2D eigenvalue weighted by Crippen LogP contribution is 2.35. The molecule has 0 bridgehead atoms. The third-order valence-corrected chi connectivity index (χ3v) is 5.20. The van der Waals surface area contributed by atoms with Crippen LogP contribution < -0.4 is 14.8 Å². The summed E-state index contributed by atoms with van der Waals surface area (Å²) in [4.78, 5) is 16.6. The minimum atomic E-state index is -0.188. The largest absolute Gasteiger partial charge is 0.493 e. The molecular formula is C20H23ClN2O4S. The average molecular weight is 423 g/mol. The van der Waals surface area contributed by atoms with Gasteiger partial charge < -0.3 is 19.9 Å². The number of aliphatic hydroxyl groups excluding tert-OH is 1. The number of rotatable bonds is 10. The zero-order valence-corrected chi connectivity index (χ0v) is 17.1. The average Bonchev–Trinajstić information content (AvgIpc) is 3.38. The first-order chi connectivity index (χ1) is 13.5. The monoisotopic (exact) mass is 422 g/mol. The lowest BCUT2D eigenvalue weighted by atomic mass is 10.3. The summed E-state index contributed by atoms with van der Waals surface area (Å²) < 4.78 is 11.5. The van der Waals surface area contributed by atoms with Crippen LogP contribution in [0.25, 0.3) is 6.08 Å². The number of aliphatic hydroxyl groups is 1. The topological polar surface area (TPSA) is 80.7 Å². The Morgan fingerprint density at radius 3 is 3.04 bits per heavy atom. The Bertz CT molecular complexity index is 835. The Hall–Kier alpha value is -2.09. The summed E-state index contributed by atoms with van der Waals surface area (Å²) in [5.74, 6) is 1.76. The maximum Gasteiger partial charge on any atom is 0.279 e. The molecule has 0 saturated heterocycles. The van der Waals surface area contributed by atoms with Gasteiger partial charge in [0, 0.05) is 24.7 Å². The Morgan fingerprint density at radius 2 is 2.32 bits per heavy atom. The van der Waals surface area contributed by atoms with Gasteiger partial charge in [-0.15, -0.1) is 0 Å². The van der Waals surface area contributed by atoms with Gasteiger partial charge in [0.15, 0.2) is 0 Å². The number of carbonyl (C=O) groups is 1. The van der Waals surface area contributed by atoms with Crippen LogP contribution in [0.15, 0.2) is 30.5 Å². The molecule has 28 heavy (non-hydrogen) atoms. The van der Waals surface area contributed by atoms with E-state index in [0.717, 1.165) is 17.2 Å². The van der Waals surface area contributed by atoms with Crippen molar-refractivity contribution in [1.29, 1.82) is 0 Å². The number of hydrogen-bond acceptors (Lipinski definition) is 6. The lowest BCUT2D eigenvalue weighted by Crippen LogP contribution is -2.31. The third-order valence-electron chi connectivity index (χ3n) is 4.06. The highest BCUT2D eigenvalue weighted by Gasteiger charge is 2.22. The van der Waals surface area contributed by atoms with Crippen molar-refractivity contribution in [2.75, 3.05) is 13.2 Å². The van der Waals surface area contributed by atoms with Crippen LogP contribution in [0.4, 0.5) is 0 Å². The van der Waals surface area contributed by atoms with E-state index in [0.29, 0.717) is 21.9 Å². The van der Waals surface area contributed by atoms with Gasteiger partial charge in [0.05, 0.1) is 23.1 Å². The zero-order chi connectivity index (χ0) is 19.9. The van der Waals surface area contributed by atoms with E-state index in [4.69, 9.17) is 26.2 Å². The van der Waals surface area contributed by atoms with Crippen molar-refractivity contribution in [3.63, 3.8) is 0 Å². The highest BCUT2D eigenvalue weighted by molar-refractivity contribution is 7.14. The molecule has 1 aliphatic rings. The fourth-order valence-electron chi connectivity index (χ4n) is 2.36. The minimum absolute atomic E-state index is 0.0991. The summed E-state index contributed by atoms with van der Waals surface area (Å²) in [6.07, 6.45) is 7.99. The number of carbonyl (C=O) groups excluding carboxylic acids is 1. The molecule has 6 nitrogen and oxygen atoms in total. The fraction of sp³-hybridized carbons (Fsp3) is 0.400. The normalized spacial score (nSPS) is 14.8. The SMILES string of the molecule is C[C@@H](C=Cc1cnc(Oc2ccc(OCC3CC3)cc2Cl)s1)NC(=O)CCO. The van der Waals surface area contributed by atoms with Gasteiger partial charge in [-0.2, -0.15) is 0 Å². The molecule has 150 valence electrons. The fourth-order valence-corrected chi connectivity index (χ4v) is 3.26. The van der Waals surface area contributed by atoms with Crippen molar-refractivity contribution in [3.8, 4) is 16.7 Å². The molecule has 1 fully saturated rings. The molecule has 0 aliphatic heterocycles. The molecule has 1 heterocycles. The number of aromatic nitrogens is 1. The smallest absolute Gasteiger partial charge is 0.279 e. The van der Waals surface area contributed by atoms with Gasteiger partial charge in [-0.05, 0) is 43.9 Å². The summed E-state index contributed by atoms with van der Waals surface area (Å²) in [5, 5.41) is 12.5. The Morgan fingerprint density at radius 1 is 1.50 bits per heavy atom. The number of halogens is 1. The van der Waals surface area contributed by atoms with Crippen molar-refractivity contribution >= 4 is 34.9 Å². The molecule has 0 unspecified atom stereocenters. The van der Waals surface area contributed by atoms with E-state index >= 15 is 0 Å². The molecule has 2 N–H and O–H groups in total. The molecule has 1 atom stereocenters. The van der Waals surface area contributed by atoms with Crippen LogP contribution >= 0.6 is 22.9 Å². The molecule has 1 aromatic carbocycles. The Kier molecular flexibility index (Phi) is 7.30. The number of nitrogens with zero attached hydrogens (tertiary/aromatic N) is 1. The molecule has 1 amide bonds. The van der Waals surface area contributed by atoms with E-state index in [1.807, 2.05) is 25.1 Å². The van der Waals surface area contributed by atoms with E-state index in [2.05, 4.69) is 10.3 Å². The van der Waals surface area contributed by atoms with Gasteiger partial charge in [-0.25, -0.2) is 4.98 Å². The highest BCUT2D eigenvalue weighted by atomic mass is 35.5. The Balaban J connectivity index is 1.53. The first kappa shape index (κ1) is 20.6. The van der Waals surface area contributed by atoms with Crippen LogP contribution in [0.2, 0.25) is 5.02 Å². The maximum absolute atomic E-state index is 11.4. The van der Waals surface area contributed by atoms with Crippen LogP contribution in [0.3, 0.4) is 0 Å². The van der Waals surface area contributed by atoms with Crippen molar-refractivity contribution in [2.45, 2.75) is 32.2 Å². The van der Waals surface area contributed by atoms with Crippen molar-refractivity contribution < 1.29 is 19.4 Å². The van der Waals surface area contributed by atoms with Crippen molar-refractivity contribution in [2.24, 2.45) is 5.92 Å². The van der Waals surface area contributed by atoms with Crippen molar-refractivity contribution in [3.05, 3.63) is 40.4 Å². The predicted octanol–water partition coefficient (Wildman–Crippen LogP) is 4.28. The first-order valence-corrected chi connectivity index (χ1v) is 10.4. The molecule has 3 rings (SSSR count). The standard InChI is InChI=1S/C20H23ClN2O4S/c1-13(23-19(25)8-9-24)2-6-16-11-22-20(28-16)27-18-7-5-15(10-17(18)21)26-12-14-3-4-14/h2,5-7,10-11,13-14,24H,3-4,8-9,12H2,1H3,(H,23,25)/t13-/m0/s1. The van der Waals surface area contributed by atoms with Gasteiger partial charge in [0.25, 0.3) is 5.19 Å². The van der Waals surface area contributed by atoms with Crippen LogP contribution in [-0.2, 0) is 4.79 Å². The lowest BCUT2D eigenvalue weighted by molar-refractivity contribution is -0.122. The van der Waals surface area contributed by atoms with Crippen LogP contribution in [0.5, 0.6) is 16.7 Å². The molecule has 0 radical (unpaired) electrons. The number of benzene rings is 1. The molecular weight excluding hydrogens is 400 g/mol. The van der Waals surface area contributed by atoms with E-state index in [9.17, 15) is 4.79 Å². The van der Waals surface area contributed by atoms with Crippen LogP contribution in [0.1, 0.15) is 31.1 Å². The first-order valence-electron chi connectivity index (χ1n) is 9.18. The van der Waals surface area contributed by atoms with Gasteiger partial charge >= 0.3 is 0 Å². The second-order valence-electron chi connectivity index (χ2n) is 6.67. The molecule has 2 aromatic rings. The minimum Gasteiger partial charge on any atom is -0.493 e. The molecule has 1 aromatic heterocycles. The van der Waals surface area contributed by atoms with Gasteiger partial charge in [-0.1, -0.05) is 29.0 Å². The van der Waals surface area contributed by atoms with E-state index in [1.54, 1.807) is 18.3 Å². The zero-order valence-electron chi connectivity index (χ0n) is 15.6. The Labute approximate surface area is 173 Å². The second kappa shape index (κ2) is 9.91. The van der Waals surface area contributed by atoms with E-state index in [1.165, 1.54) is 24.2 Å². The quantitative estimate of drug-likeness (QED) is 0.597. The number of amides is 1. The molecule has 8 heteroatoms. The van der Waals surface area contributed by atoms with Crippen LogP contribution in [0, 0.1) is 5.92 Å². The third kappa shape index (κ3) is 6.51. The predicted molar refractivity (Wildman–Crippen MR) is 110 cm³/mol. The summed E-state index contributed by atoms with van der Waals surface area (Å²) in [7, 11) is 0. The lowest BCUT2D eigenvalue weighted by Gasteiger charge is -2.08. The van der Waals surface area contributed by atoms with E-state index in [-0.39, 0.29) is 25.0 Å². The maximum atomic E-state index is 11.4. The molecule has 1 aliphatic carbocycles. The summed E-state index contributed by atoms with van der Waals surface area (Å²) >= 11 is 7.67. The number of hydrogen-bond donors (Lipinski definition) is 2. The summed E-state index contributed by atoms with van der Waals surface area (Å²) in [6, 6.07) is 5.22. The van der Waals surface area contributed by atoms with Gasteiger partial charge in [-0.3, -0.25) is 4.79 Å².